The first-order valence-electron chi connectivity index (χ1n) is 6.35. The topological polar surface area (TPSA) is 17.1 Å². The molecule has 20 heavy (non-hydrogen) atoms. The van der Waals surface area contributed by atoms with Crippen LogP contribution >= 0.6 is 27.3 Å². The van der Waals surface area contributed by atoms with Crippen molar-refractivity contribution < 1.29 is 4.79 Å². The highest BCUT2D eigenvalue weighted by molar-refractivity contribution is 9.10. The van der Waals surface area contributed by atoms with E-state index in [1.807, 2.05) is 49.6 Å². The number of halogens is 1. The lowest BCUT2D eigenvalue weighted by Crippen LogP contribution is -2.03. The monoisotopic (exact) mass is 344 g/mol. The van der Waals surface area contributed by atoms with Crippen molar-refractivity contribution in [2.75, 3.05) is 0 Å². The highest BCUT2D eigenvalue weighted by Gasteiger charge is 2.17. The number of ketones is 1. The molecule has 0 N–H and O–H groups in total. The minimum Gasteiger partial charge on any atom is -0.289 e. The predicted octanol–water partition coefficient (Wildman–Crippen LogP) is 5.51. The van der Waals surface area contributed by atoms with Crippen LogP contribution in [0.15, 0.2) is 46.3 Å². The minimum atomic E-state index is 0.107. The van der Waals surface area contributed by atoms with E-state index in [4.69, 9.17) is 0 Å². The van der Waals surface area contributed by atoms with Gasteiger partial charge in [-0.2, -0.15) is 0 Å². The summed E-state index contributed by atoms with van der Waals surface area (Å²) in [6, 6.07) is 12.0. The molecule has 100 valence electrons. The van der Waals surface area contributed by atoms with Crippen molar-refractivity contribution in [3.8, 4) is 0 Å². The fourth-order valence-electron chi connectivity index (χ4n) is 2.32. The molecule has 0 unspecified atom stereocenters. The van der Waals surface area contributed by atoms with Gasteiger partial charge in [-0.05, 0) is 43.2 Å². The Hall–Kier alpha value is -1.45. The molecule has 2 aromatic carbocycles. The standard InChI is InChI=1S/C17H13BrOS/c1-10-8-15(18)11(2)7-13(10)17(19)14-9-20-16-6-4-3-5-12(14)16/h3-9H,1-2H3. The van der Waals surface area contributed by atoms with Crippen LogP contribution < -0.4 is 0 Å². The van der Waals surface area contributed by atoms with Crippen molar-refractivity contribution in [3.05, 3.63) is 68.5 Å². The summed E-state index contributed by atoms with van der Waals surface area (Å²) in [5.41, 5.74) is 3.67. The van der Waals surface area contributed by atoms with Gasteiger partial charge < -0.3 is 0 Å². The minimum absolute atomic E-state index is 0.107. The molecule has 1 heterocycles. The van der Waals surface area contributed by atoms with Crippen LogP contribution in [0.4, 0.5) is 0 Å². The molecule has 3 heteroatoms. The molecule has 0 saturated heterocycles. The molecule has 3 aromatic rings. The van der Waals surface area contributed by atoms with Gasteiger partial charge in [0, 0.05) is 31.1 Å². The van der Waals surface area contributed by atoms with Gasteiger partial charge in [0.25, 0.3) is 0 Å². The van der Waals surface area contributed by atoms with E-state index in [0.29, 0.717) is 0 Å². The molecule has 0 saturated carbocycles. The number of fused-ring (bicyclic) bond motifs is 1. The lowest BCUT2D eigenvalue weighted by molar-refractivity contribution is 0.104. The second-order valence-electron chi connectivity index (χ2n) is 4.89. The molecule has 3 rings (SSSR count). The number of carbonyl (C=O) groups is 1. The molecule has 0 radical (unpaired) electrons. The molecule has 0 spiro atoms. The van der Waals surface area contributed by atoms with Crippen LogP contribution in [0.2, 0.25) is 0 Å². The van der Waals surface area contributed by atoms with Gasteiger partial charge in [0.15, 0.2) is 5.78 Å². The largest absolute Gasteiger partial charge is 0.289 e. The van der Waals surface area contributed by atoms with Gasteiger partial charge >= 0.3 is 0 Å². The number of aryl methyl sites for hydroxylation is 2. The molecule has 1 aromatic heterocycles. The van der Waals surface area contributed by atoms with Crippen LogP contribution in [0, 0.1) is 13.8 Å². The maximum absolute atomic E-state index is 12.8. The molecule has 0 amide bonds. The van der Waals surface area contributed by atoms with Crippen LogP contribution in [0.5, 0.6) is 0 Å². The van der Waals surface area contributed by atoms with E-state index in [9.17, 15) is 4.79 Å². The zero-order chi connectivity index (χ0) is 14.3. The number of hydrogen-bond donors (Lipinski definition) is 0. The molecule has 0 bridgehead atoms. The number of hydrogen-bond acceptors (Lipinski definition) is 2. The highest BCUT2D eigenvalue weighted by atomic mass is 79.9. The number of benzene rings is 2. The van der Waals surface area contributed by atoms with Crippen molar-refractivity contribution in [1.82, 2.24) is 0 Å². The first-order chi connectivity index (χ1) is 9.58. The van der Waals surface area contributed by atoms with Gasteiger partial charge in [0.05, 0.1) is 0 Å². The van der Waals surface area contributed by atoms with Crippen LogP contribution in [-0.4, -0.2) is 5.78 Å². The fourth-order valence-corrected chi connectivity index (χ4v) is 3.72. The maximum Gasteiger partial charge on any atom is 0.194 e. The first kappa shape index (κ1) is 13.5. The van der Waals surface area contributed by atoms with Crippen LogP contribution in [0.25, 0.3) is 10.1 Å². The predicted molar refractivity (Wildman–Crippen MR) is 88.9 cm³/mol. The van der Waals surface area contributed by atoms with Crippen molar-refractivity contribution in [2.45, 2.75) is 13.8 Å². The molecular formula is C17H13BrOS. The van der Waals surface area contributed by atoms with E-state index in [2.05, 4.69) is 22.0 Å². The smallest absolute Gasteiger partial charge is 0.194 e. The Morgan fingerprint density at radius 2 is 1.80 bits per heavy atom. The number of carbonyl (C=O) groups excluding carboxylic acids is 1. The lowest BCUT2D eigenvalue weighted by atomic mass is 9.97. The molecule has 0 aliphatic heterocycles. The van der Waals surface area contributed by atoms with Crippen molar-refractivity contribution in [1.29, 1.82) is 0 Å². The third kappa shape index (κ3) is 2.21. The van der Waals surface area contributed by atoms with E-state index in [1.54, 1.807) is 11.3 Å². The Kier molecular flexibility index (Phi) is 3.48. The van der Waals surface area contributed by atoms with Gasteiger partial charge in [0.1, 0.15) is 0 Å². The Morgan fingerprint density at radius 3 is 2.60 bits per heavy atom. The third-order valence-corrected chi connectivity index (χ3v) is 5.29. The summed E-state index contributed by atoms with van der Waals surface area (Å²) in [5.74, 6) is 0.107. The molecular weight excluding hydrogens is 332 g/mol. The second kappa shape index (κ2) is 5.15. The molecule has 0 fully saturated rings. The molecule has 0 aliphatic carbocycles. The molecule has 0 atom stereocenters. The van der Waals surface area contributed by atoms with Gasteiger partial charge in [-0.1, -0.05) is 34.1 Å². The summed E-state index contributed by atoms with van der Waals surface area (Å²) in [4.78, 5) is 12.8. The summed E-state index contributed by atoms with van der Waals surface area (Å²) in [6.07, 6.45) is 0. The Bertz CT molecular complexity index is 817. The van der Waals surface area contributed by atoms with Crippen molar-refractivity contribution >= 4 is 43.1 Å². The second-order valence-corrected chi connectivity index (χ2v) is 6.66. The first-order valence-corrected chi connectivity index (χ1v) is 8.03. The normalized spacial score (nSPS) is 10.9. The quantitative estimate of drug-likeness (QED) is 0.560. The third-order valence-electron chi connectivity index (χ3n) is 3.48. The summed E-state index contributed by atoms with van der Waals surface area (Å²) in [7, 11) is 0. The van der Waals surface area contributed by atoms with E-state index >= 15 is 0 Å². The SMILES string of the molecule is Cc1cc(C(=O)c2csc3ccccc23)c(C)cc1Br. The van der Waals surface area contributed by atoms with Gasteiger partial charge in [-0.25, -0.2) is 0 Å². The Balaban J connectivity index is 2.16. The summed E-state index contributed by atoms with van der Waals surface area (Å²) in [6.45, 7) is 3.98. The van der Waals surface area contributed by atoms with E-state index in [-0.39, 0.29) is 5.78 Å². The van der Waals surface area contributed by atoms with Crippen LogP contribution in [0.3, 0.4) is 0 Å². The Labute approximate surface area is 130 Å². The van der Waals surface area contributed by atoms with E-state index in [0.717, 1.165) is 36.8 Å². The van der Waals surface area contributed by atoms with Crippen molar-refractivity contribution in [3.63, 3.8) is 0 Å². The summed E-state index contributed by atoms with van der Waals surface area (Å²) < 4.78 is 2.20. The van der Waals surface area contributed by atoms with Crippen LogP contribution in [0.1, 0.15) is 27.0 Å². The summed E-state index contributed by atoms with van der Waals surface area (Å²) in [5, 5.41) is 3.01. The Morgan fingerprint density at radius 1 is 1.05 bits per heavy atom. The van der Waals surface area contributed by atoms with Gasteiger partial charge in [-0.3, -0.25) is 4.79 Å². The zero-order valence-corrected chi connectivity index (χ0v) is 13.6. The maximum atomic E-state index is 12.8. The fraction of sp³-hybridized carbons (Fsp3) is 0.118. The average molecular weight is 345 g/mol. The van der Waals surface area contributed by atoms with Crippen LogP contribution in [-0.2, 0) is 0 Å². The average Bonchev–Trinajstić information content (AvgIpc) is 2.86. The number of rotatable bonds is 2. The van der Waals surface area contributed by atoms with Gasteiger partial charge in [0.2, 0.25) is 0 Å². The molecule has 1 nitrogen and oxygen atoms in total. The number of thiophene rings is 1. The zero-order valence-electron chi connectivity index (χ0n) is 11.2. The summed E-state index contributed by atoms with van der Waals surface area (Å²) >= 11 is 5.13. The van der Waals surface area contributed by atoms with Crippen molar-refractivity contribution in [2.24, 2.45) is 0 Å². The van der Waals surface area contributed by atoms with E-state index < -0.39 is 0 Å². The van der Waals surface area contributed by atoms with E-state index in [1.165, 1.54) is 0 Å². The molecule has 0 aliphatic rings. The lowest BCUT2D eigenvalue weighted by Gasteiger charge is -2.08. The van der Waals surface area contributed by atoms with Gasteiger partial charge in [-0.15, -0.1) is 11.3 Å². The highest BCUT2D eigenvalue weighted by Crippen LogP contribution is 2.29.